The number of nitrogens with zero attached hydrogens (tertiary/aromatic N) is 6. The smallest absolute Gasteiger partial charge is 0.410 e. The van der Waals surface area contributed by atoms with Crippen LogP contribution in [-0.4, -0.2) is 101 Å². The van der Waals surface area contributed by atoms with Crippen molar-refractivity contribution in [3.8, 4) is 35.4 Å². The van der Waals surface area contributed by atoms with Crippen molar-refractivity contribution in [2.24, 2.45) is 0 Å². The number of methoxy groups -OCH3 is 1. The highest BCUT2D eigenvalue weighted by atomic mass is 19.1. The minimum Gasteiger partial charge on any atom is -0.468 e. The lowest BCUT2D eigenvalue weighted by Crippen LogP contribution is -2.57. The molecule has 280 valence electrons. The number of hydrogen-bond acceptors (Lipinski definition) is 10. The Hall–Kier alpha value is -5.25. The molecule has 2 bridgehead atoms. The fourth-order valence-electron chi connectivity index (χ4n) is 8.77. The first-order valence-electron chi connectivity index (χ1n) is 18.4. The van der Waals surface area contributed by atoms with Crippen molar-refractivity contribution in [2.45, 2.75) is 69.7 Å². The zero-order chi connectivity index (χ0) is 37.9. The summed E-state index contributed by atoms with van der Waals surface area (Å²) in [5, 5.41) is 1.87. The zero-order valence-corrected chi connectivity index (χ0v) is 31.3. The van der Waals surface area contributed by atoms with Crippen LogP contribution in [0.4, 0.5) is 15.0 Å². The van der Waals surface area contributed by atoms with Crippen molar-refractivity contribution in [3.05, 3.63) is 72.2 Å². The highest BCUT2D eigenvalue weighted by molar-refractivity contribution is 6.03. The first kappa shape index (κ1) is 35.8. The van der Waals surface area contributed by atoms with Gasteiger partial charge in [-0.1, -0.05) is 42.4 Å². The summed E-state index contributed by atoms with van der Waals surface area (Å²) in [5.74, 6) is 3.08. The van der Waals surface area contributed by atoms with Crippen LogP contribution in [0.3, 0.4) is 0 Å². The number of pyridine rings is 1. The van der Waals surface area contributed by atoms with Crippen LogP contribution in [0.25, 0.3) is 32.9 Å². The monoisotopic (exact) mass is 732 g/mol. The Morgan fingerprint density at radius 1 is 1.07 bits per heavy atom. The maximum atomic E-state index is 17.3. The number of ether oxygens (including phenoxy) is 4. The number of fused-ring (bicyclic) bond motifs is 5. The maximum absolute atomic E-state index is 17.3. The summed E-state index contributed by atoms with van der Waals surface area (Å²) in [6.07, 6.45) is 10.4. The lowest BCUT2D eigenvalue weighted by Gasteiger charge is -2.42. The summed E-state index contributed by atoms with van der Waals surface area (Å²) in [5.41, 5.74) is 2.54. The fourth-order valence-corrected chi connectivity index (χ4v) is 8.77. The molecule has 11 nitrogen and oxygen atoms in total. The molecule has 0 saturated carbocycles. The van der Waals surface area contributed by atoms with Crippen LogP contribution in [-0.2, 0) is 9.47 Å². The van der Waals surface area contributed by atoms with E-state index in [4.69, 9.17) is 40.3 Å². The average molecular weight is 733 g/mol. The third kappa shape index (κ3) is 6.39. The molecule has 0 aliphatic carbocycles. The Bertz CT molecular complexity index is 2210. The molecule has 4 aliphatic rings. The van der Waals surface area contributed by atoms with E-state index >= 15 is 4.39 Å². The van der Waals surface area contributed by atoms with E-state index in [1.807, 2.05) is 49.9 Å². The number of rotatable bonds is 8. The second kappa shape index (κ2) is 13.6. The van der Waals surface area contributed by atoms with E-state index in [1.54, 1.807) is 12.3 Å². The third-order valence-electron chi connectivity index (χ3n) is 10.9. The van der Waals surface area contributed by atoms with Crippen LogP contribution in [0.5, 0.6) is 11.8 Å². The van der Waals surface area contributed by atoms with Gasteiger partial charge in [0, 0.05) is 56.0 Å². The summed E-state index contributed by atoms with van der Waals surface area (Å²) >= 11 is 0. The minimum atomic E-state index is -0.642. The van der Waals surface area contributed by atoms with E-state index in [2.05, 4.69) is 28.9 Å². The second-order valence-electron chi connectivity index (χ2n) is 16.0. The molecule has 4 saturated heterocycles. The number of benzene rings is 2. The van der Waals surface area contributed by atoms with Crippen LogP contribution in [0.2, 0.25) is 0 Å². The van der Waals surface area contributed by atoms with Gasteiger partial charge in [-0.2, -0.15) is 9.97 Å². The Kier molecular flexibility index (Phi) is 8.98. The Morgan fingerprint density at radius 3 is 2.46 bits per heavy atom. The van der Waals surface area contributed by atoms with Gasteiger partial charge in [-0.3, -0.25) is 14.8 Å². The van der Waals surface area contributed by atoms with Crippen LogP contribution >= 0.6 is 0 Å². The van der Waals surface area contributed by atoms with E-state index < -0.39 is 11.4 Å². The van der Waals surface area contributed by atoms with Crippen molar-refractivity contribution >= 4 is 33.6 Å². The Balaban J connectivity index is 1.23. The first-order chi connectivity index (χ1) is 25.9. The van der Waals surface area contributed by atoms with E-state index in [1.165, 1.54) is 7.11 Å². The molecule has 6 heterocycles. The molecule has 0 radical (unpaired) electrons. The number of halogens is 1. The van der Waals surface area contributed by atoms with Crippen molar-refractivity contribution in [1.29, 1.82) is 0 Å². The number of amides is 1. The van der Waals surface area contributed by atoms with Gasteiger partial charge in [0.1, 0.15) is 35.0 Å². The molecule has 0 unspecified atom stereocenters. The van der Waals surface area contributed by atoms with E-state index in [9.17, 15) is 4.79 Å². The summed E-state index contributed by atoms with van der Waals surface area (Å²) in [7, 11) is 1.53. The molecular formula is C42H45FN6O5. The molecule has 2 aromatic carbocycles. The summed E-state index contributed by atoms with van der Waals surface area (Å²) in [6, 6.07) is 8.98. The molecule has 12 heteroatoms. The molecule has 54 heavy (non-hydrogen) atoms. The first-order valence-corrected chi connectivity index (χ1v) is 18.4. The zero-order valence-electron chi connectivity index (χ0n) is 31.3. The molecule has 0 N–H and O–H groups in total. The predicted octanol–water partition coefficient (Wildman–Crippen LogP) is 6.88. The highest BCUT2D eigenvalue weighted by Gasteiger charge is 2.48. The average Bonchev–Trinajstić information content (AvgIpc) is 3.70. The normalized spacial score (nSPS) is 20.8. The topological polar surface area (TPSA) is 102 Å². The number of piperazine rings is 1. The summed E-state index contributed by atoms with van der Waals surface area (Å²) in [6.45, 7) is 16.9. The Labute approximate surface area is 314 Å². The van der Waals surface area contributed by atoms with Crippen LogP contribution in [0.1, 0.15) is 52.0 Å². The second-order valence-corrected chi connectivity index (χ2v) is 16.0. The number of hydrogen-bond donors (Lipinski definition) is 0. The summed E-state index contributed by atoms with van der Waals surface area (Å²) in [4.78, 5) is 34.0. The van der Waals surface area contributed by atoms with Crippen molar-refractivity contribution in [1.82, 2.24) is 24.8 Å². The molecule has 2 aromatic heterocycles. The molecule has 1 amide bonds. The third-order valence-corrected chi connectivity index (χ3v) is 10.9. The summed E-state index contributed by atoms with van der Waals surface area (Å²) < 4.78 is 40.6. The molecule has 8 rings (SSSR count). The Morgan fingerprint density at radius 2 is 1.80 bits per heavy atom. The van der Waals surface area contributed by atoms with Gasteiger partial charge >= 0.3 is 12.1 Å². The van der Waals surface area contributed by atoms with E-state index in [0.717, 1.165) is 55.3 Å². The number of carbonyl (C=O) groups excluding carboxylic acids is 1. The van der Waals surface area contributed by atoms with Gasteiger partial charge in [0.05, 0.1) is 23.0 Å². The van der Waals surface area contributed by atoms with Crippen molar-refractivity contribution < 1.29 is 28.1 Å². The predicted molar refractivity (Wildman–Crippen MR) is 205 cm³/mol. The molecular weight excluding hydrogens is 687 g/mol. The standard InChI is InChI=1S/C42H45FN6O5/c1-8-27-10-9-11-28-14-31(53-24-51-7)15-32(34(27)28)36-35(43)37-33(18-44-36)38(47-21-29-12-13-30(22-47)49(29)40(50)54-41(4,5)6)46-39(45-37)52-23-42-16-25(2)19-48(42)20-26(3)17-42/h1,9-11,14-15,18,29-30H,2-3,12-13,16-17,19-24H2,4-7H3/t29-,30+. The van der Waals surface area contributed by atoms with Crippen molar-refractivity contribution in [3.63, 3.8) is 0 Å². The lowest BCUT2D eigenvalue weighted by atomic mass is 9.92. The number of terminal acetylenes is 1. The fraction of sp³-hybridized carbons (Fsp3) is 0.429. The molecule has 4 aromatic rings. The molecule has 4 aliphatic heterocycles. The van der Waals surface area contributed by atoms with Gasteiger partial charge in [0.25, 0.3) is 0 Å². The molecule has 2 atom stereocenters. The minimum absolute atomic E-state index is 0.00742. The van der Waals surface area contributed by atoms with E-state index in [0.29, 0.717) is 53.2 Å². The van der Waals surface area contributed by atoms with Crippen LogP contribution in [0, 0.1) is 18.2 Å². The van der Waals surface area contributed by atoms with E-state index in [-0.39, 0.29) is 47.7 Å². The van der Waals surface area contributed by atoms with Crippen LogP contribution < -0.4 is 14.4 Å². The molecule has 0 spiro atoms. The highest BCUT2D eigenvalue weighted by Crippen LogP contribution is 2.44. The van der Waals surface area contributed by atoms with Crippen molar-refractivity contribution in [2.75, 3.05) is 51.6 Å². The SMILES string of the molecule is C#Cc1cccc2cc(OCOC)cc(-c3ncc4c(N5C[C@H]6CC[C@@H](C5)N6C(=O)OC(C)(C)C)nc(OCC56CC(=C)CN5CC(=C)C6)nc4c3F)c12. The van der Waals surface area contributed by atoms with Gasteiger partial charge in [0.2, 0.25) is 0 Å². The van der Waals surface area contributed by atoms with Gasteiger partial charge in [-0.05, 0) is 70.0 Å². The molecule has 4 fully saturated rings. The van der Waals surface area contributed by atoms with Gasteiger partial charge in [-0.25, -0.2) is 9.18 Å². The van der Waals surface area contributed by atoms with Crippen LogP contribution in [0.15, 0.2) is 60.8 Å². The number of anilines is 1. The maximum Gasteiger partial charge on any atom is 0.410 e. The number of aromatic nitrogens is 3. The van der Waals surface area contributed by atoms with Gasteiger partial charge in [-0.15, -0.1) is 6.42 Å². The largest absolute Gasteiger partial charge is 0.468 e. The van der Waals surface area contributed by atoms with Gasteiger partial charge in [0.15, 0.2) is 12.6 Å². The quantitative estimate of drug-likeness (QED) is 0.108. The van der Waals surface area contributed by atoms with Gasteiger partial charge < -0.3 is 23.8 Å². The lowest BCUT2D eigenvalue weighted by molar-refractivity contribution is 0.0122. The number of carbonyl (C=O) groups is 1.